The Morgan fingerprint density at radius 3 is 2.69 bits per heavy atom. The second-order valence-corrected chi connectivity index (χ2v) is 4.62. The highest BCUT2D eigenvalue weighted by Gasteiger charge is 2.40. The smallest absolute Gasteiger partial charge is 0.313 e. The zero-order valence-electron chi connectivity index (χ0n) is 10.5. The van der Waals surface area contributed by atoms with Crippen molar-refractivity contribution in [2.45, 2.75) is 39.7 Å². The minimum atomic E-state index is -0.294. The summed E-state index contributed by atoms with van der Waals surface area (Å²) in [5.41, 5.74) is -0.294. The monoisotopic (exact) mass is 229 g/mol. The van der Waals surface area contributed by atoms with E-state index in [9.17, 15) is 4.79 Å². The number of carbonyl (C=O) groups is 1. The van der Waals surface area contributed by atoms with Gasteiger partial charge in [-0.2, -0.15) is 0 Å². The van der Waals surface area contributed by atoms with Gasteiger partial charge in [-0.05, 0) is 33.2 Å². The van der Waals surface area contributed by atoms with Crippen LogP contribution in [0, 0.1) is 5.41 Å². The summed E-state index contributed by atoms with van der Waals surface area (Å²) < 4.78 is 10.6. The minimum absolute atomic E-state index is 0.0765. The lowest BCUT2D eigenvalue weighted by Gasteiger charge is -2.24. The molecule has 0 aliphatic carbocycles. The molecule has 0 amide bonds. The van der Waals surface area contributed by atoms with Gasteiger partial charge in [0.2, 0.25) is 0 Å². The van der Waals surface area contributed by atoms with Gasteiger partial charge in [-0.3, -0.25) is 4.79 Å². The van der Waals surface area contributed by atoms with Gasteiger partial charge in [0.05, 0.1) is 18.1 Å². The first-order chi connectivity index (χ1) is 7.60. The van der Waals surface area contributed by atoms with Crippen molar-refractivity contribution in [3.8, 4) is 0 Å². The molecule has 1 aliphatic rings. The highest BCUT2D eigenvalue weighted by Crippen LogP contribution is 2.30. The maximum atomic E-state index is 11.9. The van der Waals surface area contributed by atoms with Gasteiger partial charge in [0.15, 0.2) is 0 Å². The fourth-order valence-corrected chi connectivity index (χ4v) is 1.94. The lowest BCUT2D eigenvalue weighted by Crippen LogP contribution is -2.35. The summed E-state index contributed by atoms with van der Waals surface area (Å²) in [5, 5.41) is 3.22. The highest BCUT2D eigenvalue weighted by molar-refractivity contribution is 5.77. The van der Waals surface area contributed by atoms with Crippen LogP contribution in [-0.4, -0.2) is 38.4 Å². The van der Waals surface area contributed by atoms with Crippen molar-refractivity contribution >= 4 is 5.97 Å². The van der Waals surface area contributed by atoms with Crippen molar-refractivity contribution in [2.75, 3.05) is 26.3 Å². The van der Waals surface area contributed by atoms with Crippen LogP contribution in [0.2, 0.25) is 0 Å². The Hall–Kier alpha value is -0.610. The largest absolute Gasteiger partial charge is 0.463 e. The molecule has 4 nitrogen and oxygen atoms in total. The fraction of sp³-hybridized carbons (Fsp3) is 0.917. The van der Waals surface area contributed by atoms with Crippen LogP contribution in [0.25, 0.3) is 0 Å². The number of hydrogen-bond acceptors (Lipinski definition) is 4. The van der Waals surface area contributed by atoms with Gasteiger partial charge in [0.1, 0.15) is 6.61 Å². The molecule has 1 rings (SSSR count). The molecule has 1 saturated heterocycles. The van der Waals surface area contributed by atoms with Gasteiger partial charge in [-0.15, -0.1) is 0 Å². The maximum Gasteiger partial charge on any atom is 0.313 e. The van der Waals surface area contributed by atoms with E-state index >= 15 is 0 Å². The molecule has 1 unspecified atom stereocenters. The molecular weight excluding hydrogens is 206 g/mol. The van der Waals surface area contributed by atoms with Crippen molar-refractivity contribution < 1.29 is 14.3 Å². The molecule has 1 N–H and O–H groups in total. The minimum Gasteiger partial charge on any atom is -0.463 e. The molecule has 0 saturated carbocycles. The molecule has 1 heterocycles. The van der Waals surface area contributed by atoms with E-state index in [1.807, 2.05) is 20.8 Å². The van der Waals surface area contributed by atoms with Crippen LogP contribution >= 0.6 is 0 Å². The summed E-state index contributed by atoms with van der Waals surface area (Å²) in [5.74, 6) is -0.0765. The Morgan fingerprint density at radius 2 is 2.19 bits per heavy atom. The lowest BCUT2D eigenvalue weighted by molar-refractivity contribution is -0.157. The fourth-order valence-electron chi connectivity index (χ4n) is 1.94. The van der Waals surface area contributed by atoms with Crippen LogP contribution in [0.5, 0.6) is 0 Å². The summed E-state index contributed by atoms with van der Waals surface area (Å²) in [4.78, 5) is 11.9. The summed E-state index contributed by atoms with van der Waals surface area (Å²) in [7, 11) is 0. The second kappa shape index (κ2) is 6.21. The van der Waals surface area contributed by atoms with Crippen molar-refractivity contribution in [1.29, 1.82) is 0 Å². The number of nitrogens with one attached hydrogen (secondary N) is 1. The average molecular weight is 229 g/mol. The van der Waals surface area contributed by atoms with E-state index in [4.69, 9.17) is 9.47 Å². The van der Waals surface area contributed by atoms with Gasteiger partial charge in [-0.1, -0.05) is 6.92 Å². The molecular formula is C12H23NO3. The Bertz CT molecular complexity index is 222. The number of ether oxygens (including phenoxy) is 2. The normalized spacial score (nSPS) is 25.0. The summed E-state index contributed by atoms with van der Waals surface area (Å²) >= 11 is 0. The van der Waals surface area contributed by atoms with Crippen LogP contribution in [0.4, 0.5) is 0 Å². The number of hydrogen-bond donors (Lipinski definition) is 1. The zero-order chi connectivity index (χ0) is 12.0. The Kier molecular flexibility index (Phi) is 5.22. The average Bonchev–Trinajstić information content (AvgIpc) is 2.73. The topological polar surface area (TPSA) is 47.6 Å². The zero-order valence-corrected chi connectivity index (χ0v) is 10.5. The lowest BCUT2D eigenvalue weighted by atomic mass is 9.84. The van der Waals surface area contributed by atoms with E-state index in [0.29, 0.717) is 13.2 Å². The molecule has 16 heavy (non-hydrogen) atoms. The third kappa shape index (κ3) is 3.46. The van der Waals surface area contributed by atoms with E-state index in [1.165, 1.54) is 0 Å². The van der Waals surface area contributed by atoms with Gasteiger partial charge < -0.3 is 14.8 Å². The maximum absolute atomic E-state index is 11.9. The molecule has 0 spiro atoms. The molecule has 94 valence electrons. The van der Waals surface area contributed by atoms with E-state index in [-0.39, 0.29) is 17.5 Å². The number of esters is 1. The van der Waals surface area contributed by atoms with Crippen LogP contribution in [0.15, 0.2) is 0 Å². The predicted molar refractivity (Wildman–Crippen MR) is 62.3 cm³/mol. The first-order valence-corrected chi connectivity index (χ1v) is 6.10. The molecule has 0 aromatic heterocycles. The van der Waals surface area contributed by atoms with Crippen molar-refractivity contribution in [2.24, 2.45) is 5.41 Å². The Morgan fingerprint density at radius 1 is 1.44 bits per heavy atom. The number of rotatable bonds is 6. The summed E-state index contributed by atoms with van der Waals surface area (Å²) in [6, 6.07) is 0. The van der Waals surface area contributed by atoms with E-state index < -0.39 is 0 Å². The predicted octanol–water partition coefficient (Wildman–Crippen LogP) is 1.34. The van der Waals surface area contributed by atoms with Gasteiger partial charge >= 0.3 is 5.97 Å². The van der Waals surface area contributed by atoms with Crippen molar-refractivity contribution in [1.82, 2.24) is 5.32 Å². The molecule has 0 bridgehead atoms. The molecule has 1 fully saturated rings. The van der Waals surface area contributed by atoms with Crippen LogP contribution in [0.1, 0.15) is 33.6 Å². The van der Waals surface area contributed by atoms with Crippen molar-refractivity contribution in [3.05, 3.63) is 0 Å². The Labute approximate surface area is 97.7 Å². The SMILES string of the molecule is CCC1(C(=O)OCCOC(C)C)CCNC1. The highest BCUT2D eigenvalue weighted by atomic mass is 16.6. The van der Waals surface area contributed by atoms with E-state index in [1.54, 1.807) is 0 Å². The third-order valence-corrected chi connectivity index (χ3v) is 3.12. The van der Waals surface area contributed by atoms with Crippen LogP contribution in [0.3, 0.4) is 0 Å². The first-order valence-electron chi connectivity index (χ1n) is 6.10. The van der Waals surface area contributed by atoms with E-state index in [2.05, 4.69) is 5.32 Å². The summed E-state index contributed by atoms with van der Waals surface area (Å²) in [6.07, 6.45) is 1.91. The molecule has 1 aliphatic heterocycles. The quantitative estimate of drug-likeness (QED) is 0.551. The van der Waals surface area contributed by atoms with Crippen molar-refractivity contribution in [3.63, 3.8) is 0 Å². The number of carbonyl (C=O) groups excluding carboxylic acids is 1. The van der Waals surface area contributed by atoms with Gasteiger partial charge in [0.25, 0.3) is 0 Å². The first kappa shape index (κ1) is 13.5. The second-order valence-electron chi connectivity index (χ2n) is 4.62. The standard InChI is InChI=1S/C12H23NO3/c1-4-12(5-6-13-9-12)11(14)16-8-7-15-10(2)3/h10,13H,4-9H2,1-3H3. The summed E-state index contributed by atoms with van der Waals surface area (Å²) in [6.45, 7) is 8.47. The molecule has 1 atom stereocenters. The van der Waals surface area contributed by atoms with E-state index in [0.717, 1.165) is 25.9 Å². The van der Waals surface area contributed by atoms with Crippen LogP contribution in [-0.2, 0) is 14.3 Å². The Balaban J connectivity index is 2.28. The molecule has 0 aromatic carbocycles. The molecule has 0 aromatic rings. The molecule has 4 heteroatoms. The van der Waals surface area contributed by atoms with Gasteiger partial charge in [-0.25, -0.2) is 0 Å². The van der Waals surface area contributed by atoms with Gasteiger partial charge in [0, 0.05) is 6.54 Å². The van der Waals surface area contributed by atoms with Crippen LogP contribution < -0.4 is 5.32 Å². The molecule has 0 radical (unpaired) electrons. The third-order valence-electron chi connectivity index (χ3n) is 3.12.